The van der Waals surface area contributed by atoms with Crippen molar-refractivity contribution in [1.82, 2.24) is 10.6 Å². The third-order valence-electron chi connectivity index (χ3n) is 1.42. The highest BCUT2D eigenvalue weighted by atomic mass is 16.4. The summed E-state index contributed by atoms with van der Waals surface area (Å²) in [5.74, 6) is -0.216. The normalized spacial score (nSPS) is 9.69. The highest BCUT2D eigenvalue weighted by Gasteiger charge is 2.08. The highest BCUT2D eigenvalue weighted by molar-refractivity contribution is 5.65. The average Bonchev–Trinajstić information content (AvgIpc) is 2.04. The first-order valence-corrected chi connectivity index (χ1v) is 3.70. The lowest BCUT2D eigenvalue weighted by Crippen LogP contribution is -2.39. The van der Waals surface area contributed by atoms with E-state index >= 15 is 0 Å². The fraction of sp³-hybridized carbons (Fsp3) is 0.667. The van der Waals surface area contributed by atoms with E-state index in [9.17, 15) is 9.59 Å². The number of hydrogen-bond acceptors (Lipinski definition) is 3. The van der Waals surface area contributed by atoms with E-state index in [0.29, 0.717) is 0 Å². The molecule has 0 saturated carbocycles. The number of carboxylic acid groups (broad SMARTS) is 2. The molecule has 0 saturated heterocycles. The SMILES string of the molecule is NCC(CNC(=O)O)CNC(=O)O. The summed E-state index contributed by atoms with van der Waals surface area (Å²) >= 11 is 0. The first kappa shape index (κ1) is 11.5. The Kier molecular flexibility index (Phi) is 5.37. The Hall–Kier alpha value is -1.50. The van der Waals surface area contributed by atoms with Crippen LogP contribution in [0.3, 0.4) is 0 Å². The van der Waals surface area contributed by atoms with Gasteiger partial charge in [0.25, 0.3) is 0 Å². The van der Waals surface area contributed by atoms with Gasteiger partial charge in [0.15, 0.2) is 0 Å². The standard InChI is InChI=1S/C6H13N3O4/c7-1-4(2-8-5(10)11)3-9-6(12)13/h4,8-9H,1-3,7H2,(H,10,11)(H,12,13). The summed E-state index contributed by atoms with van der Waals surface area (Å²) in [5, 5.41) is 20.7. The van der Waals surface area contributed by atoms with E-state index in [2.05, 4.69) is 10.6 Å². The zero-order valence-electron chi connectivity index (χ0n) is 6.99. The molecule has 0 rings (SSSR count). The maximum Gasteiger partial charge on any atom is 0.404 e. The van der Waals surface area contributed by atoms with Gasteiger partial charge >= 0.3 is 12.2 Å². The Morgan fingerprint density at radius 1 is 1.15 bits per heavy atom. The largest absolute Gasteiger partial charge is 0.465 e. The van der Waals surface area contributed by atoms with Crippen LogP contribution in [0.15, 0.2) is 0 Å². The van der Waals surface area contributed by atoms with E-state index in [-0.39, 0.29) is 25.6 Å². The fourth-order valence-corrected chi connectivity index (χ4v) is 0.702. The first-order valence-electron chi connectivity index (χ1n) is 3.70. The molecule has 0 bridgehead atoms. The van der Waals surface area contributed by atoms with Crippen molar-refractivity contribution in [3.8, 4) is 0 Å². The van der Waals surface area contributed by atoms with Crippen LogP contribution in [-0.4, -0.2) is 42.0 Å². The molecule has 0 heterocycles. The van der Waals surface area contributed by atoms with Crippen LogP contribution in [-0.2, 0) is 0 Å². The van der Waals surface area contributed by atoms with Crippen LogP contribution in [0.1, 0.15) is 0 Å². The number of hydrogen-bond donors (Lipinski definition) is 5. The molecular weight excluding hydrogens is 178 g/mol. The molecule has 2 amide bonds. The molecule has 13 heavy (non-hydrogen) atoms. The summed E-state index contributed by atoms with van der Waals surface area (Å²) in [6.07, 6.45) is -2.29. The van der Waals surface area contributed by atoms with E-state index in [1.807, 2.05) is 0 Å². The molecule has 0 aromatic carbocycles. The summed E-state index contributed by atoms with van der Waals surface area (Å²) in [6.45, 7) is 0.513. The van der Waals surface area contributed by atoms with Gasteiger partial charge in [0.05, 0.1) is 0 Å². The Bertz CT molecular complexity index is 167. The van der Waals surface area contributed by atoms with Gasteiger partial charge in [-0.05, 0) is 6.54 Å². The molecule has 0 radical (unpaired) electrons. The van der Waals surface area contributed by atoms with Crippen LogP contribution >= 0.6 is 0 Å². The van der Waals surface area contributed by atoms with Crippen LogP contribution in [0.4, 0.5) is 9.59 Å². The van der Waals surface area contributed by atoms with Gasteiger partial charge in [0.2, 0.25) is 0 Å². The molecule has 0 atom stereocenters. The molecule has 0 aromatic rings. The molecule has 0 spiro atoms. The van der Waals surface area contributed by atoms with E-state index in [0.717, 1.165) is 0 Å². The van der Waals surface area contributed by atoms with Gasteiger partial charge < -0.3 is 26.6 Å². The Morgan fingerprint density at radius 3 is 1.77 bits per heavy atom. The maximum atomic E-state index is 10.1. The van der Waals surface area contributed by atoms with E-state index in [4.69, 9.17) is 15.9 Å². The van der Waals surface area contributed by atoms with Crippen LogP contribution in [0, 0.1) is 5.92 Å². The van der Waals surface area contributed by atoms with E-state index in [1.165, 1.54) is 0 Å². The monoisotopic (exact) mass is 191 g/mol. The average molecular weight is 191 g/mol. The molecule has 0 aromatic heterocycles. The lowest BCUT2D eigenvalue weighted by atomic mass is 10.1. The number of nitrogens with one attached hydrogen (secondary N) is 2. The molecule has 76 valence electrons. The van der Waals surface area contributed by atoms with Crippen molar-refractivity contribution in [3.05, 3.63) is 0 Å². The Balaban J connectivity index is 3.63. The van der Waals surface area contributed by atoms with Gasteiger partial charge in [-0.3, -0.25) is 0 Å². The summed E-state index contributed by atoms with van der Waals surface area (Å²) in [6, 6.07) is 0. The minimum Gasteiger partial charge on any atom is -0.465 e. The maximum absolute atomic E-state index is 10.1. The number of carbonyl (C=O) groups is 2. The molecule has 0 fully saturated rings. The molecule has 0 aliphatic heterocycles. The molecule has 0 aliphatic rings. The number of amides is 2. The first-order chi connectivity index (χ1) is 6.06. The minimum atomic E-state index is -1.14. The van der Waals surface area contributed by atoms with Gasteiger partial charge in [-0.1, -0.05) is 0 Å². The zero-order chi connectivity index (χ0) is 10.3. The second-order valence-electron chi connectivity index (χ2n) is 2.47. The third kappa shape index (κ3) is 6.88. The van der Waals surface area contributed by atoms with Crippen LogP contribution < -0.4 is 16.4 Å². The smallest absolute Gasteiger partial charge is 0.404 e. The molecule has 0 aliphatic carbocycles. The minimum absolute atomic E-state index is 0.145. The van der Waals surface area contributed by atoms with Gasteiger partial charge in [0.1, 0.15) is 0 Å². The van der Waals surface area contributed by atoms with Crippen molar-refractivity contribution in [2.75, 3.05) is 19.6 Å². The van der Waals surface area contributed by atoms with Gasteiger partial charge in [-0.15, -0.1) is 0 Å². The predicted molar refractivity (Wildman–Crippen MR) is 44.6 cm³/mol. The highest BCUT2D eigenvalue weighted by Crippen LogP contribution is 1.88. The lowest BCUT2D eigenvalue weighted by molar-refractivity contribution is 0.189. The summed E-state index contributed by atoms with van der Waals surface area (Å²) in [5.41, 5.74) is 5.28. The Morgan fingerprint density at radius 2 is 1.54 bits per heavy atom. The van der Waals surface area contributed by atoms with Crippen molar-refractivity contribution in [1.29, 1.82) is 0 Å². The topological polar surface area (TPSA) is 125 Å². The third-order valence-corrected chi connectivity index (χ3v) is 1.42. The summed E-state index contributed by atoms with van der Waals surface area (Å²) in [4.78, 5) is 20.1. The van der Waals surface area contributed by atoms with Gasteiger partial charge in [0, 0.05) is 19.0 Å². The summed E-state index contributed by atoms with van der Waals surface area (Å²) < 4.78 is 0. The van der Waals surface area contributed by atoms with Gasteiger partial charge in [-0.2, -0.15) is 0 Å². The zero-order valence-corrected chi connectivity index (χ0v) is 6.99. The molecule has 7 nitrogen and oxygen atoms in total. The number of rotatable bonds is 5. The van der Waals surface area contributed by atoms with Crippen LogP contribution in [0.2, 0.25) is 0 Å². The summed E-state index contributed by atoms with van der Waals surface area (Å²) in [7, 11) is 0. The van der Waals surface area contributed by atoms with Gasteiger partial charge in [-0.25, -0.2) is 9.59 Å². The van der Waals surface area contributed by atoms with Crippen molar-refractivity contribution in [2.45, 2.75) is 0 Å². The second-order valence-corrected chi connectivity index (χ2v) is 2.47. The predicted octanol–water partition coefficient (Wildman–Crippen LogP) is -0.903. The van der Waals surface area contributed by atoms with E-state index < -0.39 is 12.2 Å². The molecule has 7 heteroatoms. The lowest BCUT2D eigenvalue weighted by Gasteiger charge is -2.13. The van der Waals surface area contributed by atoms with Crippen LogP contribution in [0.5, 0.6) is 0 Å². The Labute approximate surface area is 74.9 Å². The van der Waals surface area contributed by atoms with Crippen molar-refractivity contribution < 1.29 is 19.8 Å². The van der Waals surface area contributed by atoms with Crippen LogP contribution in [0.25, 0.3) is 0 Å². The molecule has 0 unspecified atom stereocenters. The van der Waals surface area contributed by atoms with Crippen molar-refractivity contribution in [2.24, 2.45) is 11.7 Å². The van der Waals surface area contributed by atoms with Crippen molar-refractivity contribution >= 4 is 12.2 Å². The van der Waals surface area contributed by atoms with E-state index in [1.54, 1.807) is 0 Å². The molecular formula is C6H13N3O4. The van der Waals surface area contributed by atoms with Crippen molar-refractivity contribution in [3.63, 3.8) is 0 Å². The molecule has 6 N–H and O–H groups in total. The second kappa shape index (κ2) is 6.06. The fourth-order valence-electron chi connectivity index (χ4n) is 0.702. The number of nitrogens with two attached hydrogens (primary N) is 1. The quantitative estimate of drug-likeness (QED) is 0.385.